The summed E-state index contributed by atoms with van der Waals surface area (Å²) in [7, 11) is 0. The highest BCUT2D eigenvalue weighted by Gasteiger charge is 2.05. The first-order chi connectivity index (χ1) is 6.69. The average molecular weight is 256 g/mol. The van der Waals surface area contributed by atoms with E-state index in [1.54, 1.807) is 0 Å². The Hall–Kier alpha value is -0.340. The van der Waals surface area contributed by atoms with Crippen LogP contribution in [0.15, 0.2) is 22.7 Å². The third-order valence-corrected chi connectivity index (χ3v) is 3.53. The summed E-state index contributed by atoms with van der Waals surface area (Å²) < 4.78 is 1.21. The fourth-order valence-corrected chi connectivity index (χ4v) is 1.92. The fraction of sp³-hybridized carbons (Fsp3) is 0.500. The van der Waals surface area contributed by atoms with Crippen molar-refractivity contribution in [3.05, 3.63) is 33.8 Å². The van der Waals surface area contributed by atoms with Crippen LogP contribution in [-0.2, 0) is 6.54 Å². The summed E-state index contributed by atoms with van der Waals surface area (Å²) >= 11 is 3.56. The second-order valence-corrected chi connectivity index (χ2v) is 4.34. The molecular formula is C12H18BrN. The van der Waals surface area contributed by atoms with Crippen LogP contribution in [0.4, 0.5) is 0 Å². The molecule has 1 aromatic carbocycles. The van der Waals surface area contributed by atoms with Crippen molar-refractivity contribution >= 4 is 15.9 Å². The third kappa shape index (κ3) is 2.82. The van der Waals surface area contributed by atoms with Gasteiger partial charge in [0.05, 0.1) is 0 Å². The largest absolute Gasteiger partial charge is 0.300 e. The van der Waals surface area contributed by atoms with Gasteiger partial charge in [-0.1, -0.05) is 41.9 Å². The van der Waals surface area contributed by atoms with E-state index >= 15 is 0 Å². The summed E-state index contributed by atoms with van der Waals surface area (Å²) in [6.07, 6.45) is 0. The molecule has 2 heteroatoms. The predicted octanol–water partition coefficient (Wildman–Crippen LogP) is 3.60. The molecule has 0 unspecified atom stereocenters. The number of rotatable bonds is 4. The van der Waals surface area contributed by atoms with E-state index in [1.807, 2.05) is 0 Å². The van der Waals surface area contributed by atoms with Crippen molar-refractivity contribution in [1.29, 1.82) is 0 Å². The number of benzene rings is 1. The highest BCUT2D eigenvalue weighted by atomic mass is 79.9. The van der Waals surface area contributed by atoms with Crippen molar-refractivity contribution in [2.45, 2.75) is 27.3 Å². The van der Waals surface area contributed by atoms with Crippen LogP contribution in [0.2, 0.25) is 0 Å². The molecule has 0 N–H and O–H groups in total. The minimum atomic E-state index is 1.05. The van der Waals surface area contributed by atoms with Gasteiger partial charge in [0.2, 0.25) is 0 Å². The topological polar surface area (TPSA) is 3.24 Å². The lowest BCUT2D eigenvalue weighted by Gasteiger charge is -2.19. The molecule has 0 heterocycles. The molecule has 0 aromatic heterocycles. The SMILES string of the molecule is CCN(CC)Cc1cccc(Br)c1C. The van der Waals surface area contributed by atoms with Crippen LogP contribution in [0, 0.1) is 6.92 Å². The van der Waals surface area contributed by atoms with E-state index in [-0.39, 0.29) is 0 Å². The molecule has 0 aliphatic carbocycles. The molecule has 78 valence electrons. The van der Waals surface area contributed by atoms with Crippen LogP contribution in [0.1, 0.15) is 25.0 Å². The van der Waals surface area contributed by atoms with Gasteiger partial charge in [-0.15, -0.1) is 0 Å². The molecule has 1 nitrogen and oxygen atoms in total. The molecule has 1 aromatic rings. The Kier molecular flexibility index (Phi) is 4.63. The molecule has 0 radical (unpaired) electrons. The molecule has 0 saturated carbocycles. The number of nitrogens with zero attached hydrogens (tertiary/aromatic N) is 1. The first kappa shape index (κ1) is 11.7. The smallest absolute Gasteiger partial charge is 0.0236 e. The molecule has 0 aliphatic heterocycles. The summed E-state index contributed by atoms with van der Waals surface area (Å²) in [5.41, 5.74) is 2.78. The maximum absolute atomic E-state index is 3.56. The van der Waals surface area contributed by atoms with Gasteiger partial charge >= 0.3 is 0 Å². The molecule has 0 fully saturated rings. The maximum atomic E-state index is 3.56. The molecule has 0 aliphatic rings. The van der Waals surface area contributed by atoms with Gasteiger partial charge in [0.15, 0.2) is 0 Å². The molecule has 14 heavy (non-hydrogen) atoms. The Morgan fingerprint density at radius 3 is 2.43 bits per heavy atom. The lowest BCUT2D eigenvalue weighted by Crippen LogP contribution is -2.22. The number of halogens is 1. The van der Waals surface area contributed by atoms with Crippen molar-refractivity contribution in [1.82, 2.24) is 4.90 Å². The Bertz CT molecular complexity index is 292. The van der Waals surface area contributed by atoms with Crippen molar-refractivity contribution in [2.75, 3.05) is 13.1 Å². The van der Waals surface area contributed by atoms with E-state index in [2.05, 4.69) is 59.8 Å². The second kappa shape index (κ2) is 5.52. The summed E-state index contributed by atoms with van der Waals surface area (Å²) in [6, 6.07) is 6.41. The van der Waals surface area contributed by atoms with Gasteiger partial charge in [0, 0.05) is 11.0 Å². The molecule has 0 spiro atoms. The lowest BCUT2D eigenvalue weighted by atomic mass is 10.1. The fourth-order valence-electron chi connectivity index (χ4n) is 1.51. The zero-order chi connectivity index (χ0) is 10.6. The van der Waals surface area contributed by atoms with Gasteiger partial charge < -0.3 is 0 Å². The van der Waals surface area contributed by atoms with E-state index in [0.29, 0.717) is 0 Å². The first-order valence-corrected chi connectivity index (χ1v) is 5.94. The minimum absolute atomic E-state index is 1.05. The Labute approximate surface area is 95.2 Å². The van der Waals surface area contributed by atoms with Gasteiger partial charge in [-0.25, -0.2) is 0 Å². The zero-order valence-corrected chi connectivity index (χ0v) is 10.8. The van der Waals surface area contributed by atoms with E-state index < -0.39 is 0 Å². The van der Waals surface area contributed by atoms with Crippen LogP contribution >= 0.6 is 15.9 Å². The van der Waals surface area contributed by atoms with E-state index in [9.17, 15) is 0 Å². The van der Waals surface area contributed by atoms with Crippen LogP contribution in [0.25, 0.3) is 0 Å². The number of hydrogen-bond donors (Lipinski definition) is 0. The van der Waals surface area contributed by atoms with Crippen LogP contribution in [0.5, 0.6) is 0 Å². The summed E-state index contributed by atoms with van der Waals surface area (Å²) in [5.74, 6) is 0. The quantitative estimate of drug-likeness (QED) is 0.795. The Morgan fingerprint density at radius 2 is 1.86 bits per heavy atom. The molecule has 0 saturated heterocycles. The summed E-state index contributed by atoms with van der Waals surface area (Å²) in [6.45, 7) is 9.86. The zero-order valence-electron chi connectivity index (χ0n) is 9.18. The van der Waals surface area contributed by atoms with Gasteiger partial charge in [0.25, 0.3) is 0 Å². The standard InChI is InChI=1S/C12H18BrN/c1-4-14(5-2)9-11-7-6-8-12(13)10(11)3/h6-8H,4-5,9H2,1-3H3. The number of hydrogen-bond acceptors (Lipinski definition) is 1. The van der Waals surface area contributed by atoms with Crippen molar-refractivity contribution in [3.63, 3.8) is 0 Å². The van der Waals surface area contributed by atoms with Gasteiger partial charge in [-0.2, -0.15) is 0 Å². The average Bonchev–Trinajstić information content (AvgIpc) is 2.20. The normalized spacial score (nSPS) is 10.9. The van der Waals surface area contributed by atoms with Gasteiger partial charge in [-0.05, 0) is 37.2 Å². The van der Waals surface area contributed by atoms with Gasteiger partial charge in [0.1, 0.15) is 0 Å². The molecule has 0 amide bonds. The molecule has 1 rings (SSSR count). The summed E-state index contributed by atoms with van der Waals surface area (Å²) in [4.78, 5) is 2.43. The highest BCUT2D eigenvalue weighted by molar-refractivity contribution is 9.10. The van der Waals surface area contributed by atoms with Crippen LogP contribution in [0.3, 0.4) is 0 Å². The third-order valence-electron chi connectivity index (χ3n) is 2.67. The molecular weight excluding hydrogens is 238 g/mol. The van der Waals surface area contributed by atoms with Crippen LogP contribution in [-0.4, -0.2) is 18.0 Å². The summed E-state index contributed by atoms with van der Waals surface area (Å²) in [5, 5.41) is 0. The van der Waals surface area contributed by atoms with Crippen molar-refractivity contribution < 1.29 is 0 Å². The maximum Gasteiger partial charge on any atom is 0.0236 e. The second-order valence-electron chi connectivity index (χ2n) is 3.49. The van der Waals surface area contributed by atoms with Crippen LogP contribution < -0.4 is 0 Å². The highest BCUT2D eigenvalue weighted by Crippen LogP contribution is 2.20. The van der Waals surface area contributed by atoms with E-state index in [0.717, 1.165) is 19.6 Å². The molecule has 0 bridgehead atoms. The monoisotopic (exact) mass is 255 g/mol. The Morgan fingerprint density at radius 1 is 1.21 bits per heavy atom. The van der Waals surface area contributed by atoms with E-state index in [1.165, 1.54) is 15.6 Å². The minimum Gasteiger partial charge on any atom is -0.300 e. The Balaban J connectivity index is 2.80. The lowest BCUT2D eigenvalue weighted by molar-refractivity contribution is 0.295. The first-order valence-electron chi connectivity index (χ1n) is 5.15. The van der Waals surface area contributed by atoms with E-state index in [4.69, 9.17) is 0 Å². The molecule has 0 atom stereocenters. The van der Waals surface area contributed by atoms with Gasteiger partial charge in [-0.3, -0.25) is 4.90 Å². The predicted molar refractivity (Wildman–Crippen MR) is 65.5 cm³/mol. The van der Waals surface area contributed by atoms with Crippen molar-refractivity contribution in [3.8, 4) is 0 Å². The van der Waals surface area contributed by atoms with Crippen molar-refractivity contribution in [2.24, 2.45) is 0 Å².